The van der Waals surface area contributed by atoms with Gasteiger partial charge in [0.25, 0.3) is 0 Å². The summed E-state index contributed by atoms with van der Waals surface area (Å²) >= 11 is 0. The molecule has 5 nitrogen and oxygen atoms in total. The molecule has 0 aromatic carbocycles. The van der Waals surface area contributed by atoms with E-state index in [1.807, 2.05) is 0 Å². The van der Waals surface area contributed by atoms with Crippen LogP contribution < -0.4 is 15.1 Å². The van der Waals surface area contributed by atoms with Crippen molar-refractivity contribution < 1.29 is 0 Å². The standard InChI is InChI=1S/C14H23N5/c1-12-4-2-3-9-19(12)14-6-5-13(16-17-14)18-10-7-15-8-11-18/h5-6,12,15H,2-4,7-11H2,1H3/t12-/m1/s1. The van der Waals surface area contributed by atoms with Crippen molar-refractivity contribution >= 4 is 11.6 Å². The molecule has 1 atom stereocenters. The Morgan fingerprint density at radius 2 is 1.79 bits per heavy atom. The third kappa shape index (κ3) is 2.81. The van der Waals surface area contributed by atoms with E-state index in [-0.39, 0.29) is 0 Å². The number of piperazine rings is 1. The summed E-state index contributed by atoms with van der Waals surface area (Å²) in [6.45, 7) is 7.51. The predicted octanol–water partition coefficient (Wildman–Crippen LogP) is 1.26. The Morgan fingerprint density at radius 1 is 1.05 bits per heavy atom. The molecular weight excluding hydrogens is 238 g/mol. The molecule has 3 rings (SSSR count). The monoisotopic (exact) mass is 261 g/mol. The second-order valence-electron chi connectivity index (χ2n) is 5.52. The zero-order valence-electron chi connectivity index (χ0n) is 11.7. The van der Waals surface area contributed by atoms with E-state index in [0.29, 0.717) is 6.04 Å². The number of anilines is 2. The molecule has 0 radical (unpaired) electrons. The third-order valence-electron chi connectivity index (χ3n) is 4.17. The minimum absolute atomic E-state index is 0.591. The molecule has 19 heavy (non-hydrogen) atoms. The molecule has 0 amide bonds. The lowest BCUT2D eigenvalue weighted by atomic mass is 10.0. The van der Waals surface area contributed by atoms with Crippen LogP contribution in [0.4, 0.5) is 11.6 Å². The number of nitrogens with zero attached hydrogens (tertiary/aromatic N) is 4. The summed E-state index contributed by atoms with van der Waals surface area (Å²) in [6, 6.07) is 4.84. The van der Waals surface area contributed by atoms with Crippen molar-refractivity contribution in [2.24, 2.45) is 0 Å². The van der Waals surface area contributed by atoms with Crippen LogP contribution in [0, 0.1) is 0 Å². The molecule has 2 saturated heterocycles. The van der Waals surface area contributed by atoms with Gasteiger partial charge in [-0.05, 0) is 38.3 Å². The van der Waals surface area contributed by atoms with Gasteiger partial charge in [0.15, 0.2) is 11.6 Å². The van der Waals surface area contributed by atoms with Gasteiger partial charge < -0.3 is 15.1 Å². The Hall–Kier alpha value is -1.36. The van der Waals surface area contributed by atoms with E-state index in [1.54, 1.807) is 0 Å². The average Bonchev–Trinajstić information content (AvgIpc) is 2.49. The first-order valence-corrected chi connectivity index (χ1v) is 7.40. The molecule has 0 spiro atoms. The van der Waals surface area contributed by atoms with Crippen LogP contribution in [0.1, 0.15) is 26.2 Å². The smallest absolute Gasteiger partial charge is 0.151 e. The van der Waals surface area contributed by atoms with Crippen molar-refractivity contribution in [2.75, 3.05) is 42.5 Å². The number of hydrogen-bond acceptors (Lipinski definition) is 5. The summed E-state index contributed by atoms with van der Waals surface area (Å²) in [5.41, 5.74) is 0. The van der Waals surface area contributed by atoms with Crippen LogP contribution in [0.25, 0.3) is 0 Å². The number of hydrogen-bond donors (Lipinski definition) is 1. The van der Waals surface area contributed by atoms with E-state index >= 15 is 0 Å². The van der Waals surface area contributed by atoms with Crippen LogP contribution in [0.15, 0.2) is 12.1 Å². The molecule has 2 fully saturated rings. The summed E-state index contributed by atoms with van der Waals surface area (Å²) in [4.78, 5) is 4.69. The maximum atomic E-state index is 4.44. The highest BCUT2D eigenvalue weighted by molar-refractivity contribution is 5.46. The number of aromatic nitrogens is 2. The summed E-state index contributed by atoms with van der Waals surface area (Å²) < 4.78 is 0. The van der Waals surface area contributed by atoms with Gasteiger partial charge in [-0.25, -0.2) is 0 Å². The first-order chi connectivity index (χ1) is 9.34. The van der Waals surface area contributed by atoms with Crippen molar-refractivity contribution in [3.05, 3.63) is 12.1 Å². The van der Waals surface area contributed by atoms with Gasteiger partial charge in [0.05, 0.1) is 0 Å². The van der Waals surface area contributed by atoms with Gasteiger partial charge >= 0.3 is 0 Å². The predicted molar refractivity (Wildman–Crippen MR) is 77.8 cm³/mol. The maximum absolute atomic E-state index is 4.44. The molecule has 0 aliphatic carbocycles. The highest BCUT2D eigenvalue weighted by Gasteiger charge is 2.20. The molecule has 104 valence electrons. The molecule has 1 aromatic rings. The molecule has 0 saturated carbocycles. The van der Waals surface area contributed by atoms with Gasteiger partial charge in [0, 0.05) is 38.8 Å². The molecular formula is C14H23N5. The van der Waals surface area contributed by atoms with Crippen molar-refractivity contribution in [2.45, 2.75) is 32.2 Å². The molecule has 0 unspecified atom stereocenters. The lowest BCUT2D eigenvalue weighted by molar-refractivity contribution is 0.479. The second-order valence-corrected chi connectivity index (χ2v) is 5.52. The minimum Gasteiger partial charge on any atom is -0.353 e. The Balaban J connectivity index is 1.70. The topological polar surface area (TPSA) is 44.3 Å². The van der Waals surface area contributed by atoms with E-state index in [9.17, 15) is 0 Å². The fraction of sp³-hybridized carbons (Fsp3) is 0.714. The van der Waals surface area contributed by atoms with E-state index in [2.05, 4.69) is 44.4 Å². The van der Waals surface area contributed by atoms with E-state index < -0.39 is 0 Å². The minimum atomic E-state index is 0.591. The van der Waals surface area contributed by atoms with Crippen LogP contribution >= 0.6 is 0 Å². The largest absolute Gasteiger partial charge is 0.353 e. The third-order valence-corrected chi connectivity index (χ3v) is 4.17. The zero-order chi connectivity index (χ0) is 13.1. The summed E-state index contributed by atoms with van der Waals surface area (Å²) in [5, 5.41) is 12.2. The van der Waals surface area contributed by atoms with Crippen molar-refractivity contribution in [1.29, 1.82) is 0 Å². The highest BCUT2D eigenvalue weighted by Crippen LogP contribution is 2.23. The van der Waals surface area contributed by atoms with Gasteiger partial charge in [-0.2, -0.15) is 0 Å². The van der Waals surface area contributed by atoms with Gasteiger partial charge in [0.2, 0.25) is 0 Å². The molecule has 2 aliphatic rings. The number of nitrogens with one attached hydrogen (secondary N) is 1. The van der Waals surface area contributed by atoms with Crippen LogP contribution in [0.5, 0.6) is 0 Å². The normalized spacial score (nSPS) is 24.6. The van der Waals surface area contributed by atoms with Crippen LogP contribution in [0.3, 0.4) is 0 Å². The molecule has 1 aromatic heterocycles. The average molecular weight is 261 g/mol. The molecule has 3 heterocycles. The van der Waals surface area contributed by atoms with E-state index in [1.165, 1.54) is 19.3 Å². The van der Waals surface area contributed by atoms with Crippen molar-refractivity contribution in [3.63, 3.8) is 0 Å². The lowest BCUT2D eigenvalue weighted by Crippen LogP contribution is -2.44. The van der Waals surface area contributed by atoms with Crippen molar-refractivity contribution in [1.82, 2.24) is 15.5 Å². The van der Waals surface area contributed by atoms with Crippen LogP contribution in [0.2, 0.25) is 0 Å². The fourth-order valence-electron chi connectivity index (χ4n) is 2.97. The first kappa shape index (κ1) is 12.7. The highest BCUT2D eigenvalue weighted by atomic mass is 15.3. The van der Waals surface area contributed by atoms with Gasteiger partial charge in [-0.3, -0.25) is 0 Å². The first-order valence-electron chi connectivity index (χ1n) is 7.40. The maximum Gasteiger partial charge on any atom is 0.151 e. The number of piperidine rings is 1. The molecule has 2 aliphatic heterocycles. The summed E-state index contributed by atoms with van der Waals surface area (Å²) in [6.07, 6.45) is 3.87. The van der Waals surface area contributed by atoms with Crippen molar-refractivity contribution in [3.8, 4) is 0 Å². The van der Waals surface area contributed by atoms with Gasteiger partial charge in [0.1, 0.15) is 0 Å². The fourth-order valence-corrected chi connectivity index (χ4v) is 2.97. The molecule has 5 heteroatoms. The quantitative estimate of drug-likeness (QED) is 0.868. The number of rotatable bonds is 2. The van der Waals surface area contributed by atoms with E-state index in [0.717, 1.165) is 44.4 Å². The van der Waals surface area contributed by atoms with Crippen LogP contribution in [-0.2, 0) is 0 Å². The zero-order valence-corrected chi connectivity index (χ0v) is 11.7. The van der Waals surface area contributed by atoms with E-state index in [4.69, 9.17) is 0 Å². The summed E-state index contributed by atoms with van der Waals surface area (Å²) in [5.74, 6) is 2.04. The Kier molecular flexibility index (Phi) is 3.82. The Morgan fingerprint density at radius 3 is 2.47 bits per heavy atom. The molecule has 0 bridgehead atoms. The summed E-state index contributed by atoms with van der Waals surface area (Å²) in [7, 11) is 0. The van der Waals surface area contributed by atoms with Crippen LogP contribution in [-0.4, -0.2) is 49.0 Å². The van der Waals surface area contributed by atoms with Gasteiger partial charge in [-0.15, -0.1) is 10.2 Å². The second kappa shape index (κ2) is 5.74. The molecule has 1 N–H and O–H groups in total. The SMILES string of the molecule is C[C@@H]1CCCCN1c1ccc(N2CCNCC2)nn1. The Labute approximate surface area is 115 Å². The lowest BCUT2D eigenvalue weighted by Gasteiger charge is -2.34. The van der Waals surface area contributed by atoms with Gasteiger partial charge in [-0.1, -0.05) is 0 Å². The Bertz CT molecular complexity index is 399.